The number of methoxy groups -OCH3 is 1. The molecule has 20 heavy (non-hydrogen) atoms. The third-order valence-corrected chi connectivity index (χ3v) is 3.25. The van der Waals surface area contributed by atoms with Crippen molar-refractivity contribution in [3.05, 3.63) is 58.6 Å². The Morgan fingerprint density at radius 2 is 1.85 bits per heavy atom. The van der Waals surface area contributed by atoms with E-state index in [1.54, 1.807) is 7.11 Å². The number of halogens is 1. The minimum atomic E-state index is 0.488. The highest BCUT2D eigenvalue weighted by Crippen LogP contribution is 2.26. The summed E-state index contributed by atoms with van der Waals surface area (Å²) >= 11 is 5.86. The molecule has 2 aromatic rings. The van der Waals surface area contributed by atoms with Crippen molar-refractivity contribution in [3.8, 4) is 11.5 Å². The quantitative estimate of drug-likeness (QED) is 0.887. The molecule has 0 aliphatic rings. The van der Waals surface area contributed by atoms with Gasteiger partial charge in [0.2, 0.25) is 0 Å². The van der Waals surface area contributed by atoms with Crippen molar-refractivity contribution in [1.82, 2.24) is 0 Å². The van der Waals surface area contributed by atoms with Crippen LogP contribution in [-0.4, -0.2) is 13.7 Å². The van der Waals surface area contributed by atoms with Gasteiger partial charge in [0.1, 0.15) is 18.1 Å². The Balaban J connectivity index is 2.12. The molecule has 0 unspecified atom stereocenters. The highest BCUT2D eigenvalue weighted by atomic mass is 35.5. The Bertz CT molecular complexity index is 555. The van der Waals surface area contributed by atoms with Crippen LogP contribution < -0.4 is 15.2 Å². The fourth-order valence-electron chi connectivity index (χ4n) is 1.90. The molecule has 106 valence electrons. The molecule has 4 heteroatoms. The minimum Gasteiger partial charge on any atom is -0.497 e. The number of ether oxygens (including phenoxy) is 2. The first-order valence-electron chi connectivity index (χ1n) is 6.47. The van der Waals surface area contributed by atoms with E-state index in [9.17, 15) is 0 Å². The molecule has 2 aromatic carbocycles. The molecule has 0 atom stereocenters. The topological polar surface area (TPSA) is 44.5 Å². The molecule has 0 radical (unpaired) electrons. The largest absolute Gasteiger partial charge is 0.497 e. The predicted molar refractivity (Wildman–Crippen MR) is 81.5 cm³/mol. The molecule has 0 saturated heterocycles. The Morgan fingerprint density at radius 3 is 2.50 bits per heavy atom. The van der Waals surface area contributed by atoms with Crippen LogP contribution in [0.15, 0.2) is 42.5 Å². The van der Waals surface area contributed by atoms with E-state index in [1.807, 2.05) is 42.5 Å². The number of hydrogen-bond acceptors (Lipinski definition) is 3. The highest BCUT2D eigenvalue weighted by molar-refractivity contribution is 6.30. The van der Waals surface area contributed by atoms with Gasteiger partial charge in [0, 0.05) is 11.1 Å². The van der Waals surface area contributed by atoms with Crippen LogP contribution in [0.4, 0.5) is 0 Å². The molecule has 0 spiro atoms. The summed E-state index contributed by atoms with van der Waals surface area (Å²) in [6.45, 7) is 1.07. The maximum atomic E-state index is 5.88. The Hall–Kier alpha value is -1.71. The van der Waals surface area contributed by atoms with E-state index in [0.717, 1.165) is 34.1 Å². The van der Waals surface area contributed by atoms with Gasteiger partial charge in [0.15, 0.2) is 0 Å². The summed E-state index contributed by atoms with van der Waals surface area (Å²) < 4.78 is 11.1. The van der Waals surface area contributed by atoms with E-state index in [1.165, 1.54) is 0 Å². The van der Waals surface area contributed by atoms with Crippen molar-refractivity contribution in [2.75, 3.05) is 13.7 Å². The summed E-state index contributed by atoms with van der Waals surface area (Å²) in [7, 11) is 1.64. The zero-order valence-electron chi connectivity index (χ0n) is 11.4. The van der Waals surface area contributed by atoms with E-state index in [4.69, 9.17) is 26.8 Å². The maximum Gasteiger partial charge on any atom is 0.126 e. The predicted octanol–water partition coefficient (Wildman–Crippen LogP) is 3.43. The number of hydrogen-bond donors (Lipinski definition) is 1. The van der Waals surface area contributed by atoms with Crippen LogP contribution in [0, 0.1) is 0 Å². The Labute approximate surface area is 124 Å². The SMILES string of the molecule is COc1ccc(CCN)c(OCc2ccc(Cl)cc2)c1. The lowest BCUT2D eigenvalue weighted by Gasteiger charge is -2.12. The summed E-state index contributed by atoms with van der Waals surface area (Å²) in [5.41, 5.74) is 7.77. The monoisotopic (exact) mass is 291 g/mol. The highest BCUT2D eigenvalue weighted by Gasteiger charge is 2.06. The molecule has 0 saturated carbocycles. The third-order valence-electron chi connectivity index (χ3n) is 3.00. The van der Waals surface area contributed by atoms with Gasteiger partial charge in [-0.05, 0) is 42.3 Å². The summed E-state index contributed by atoms with van der Waals surface area (Å²) in [4.78, 5) is 0. The first-order valence-corrected chi connectivity index (χ1v) is 6.85. The summed E-state index contributed by atoms with van der Waals surface area (Å²) in [5, 5.41) is 0.721. The van der Waals surface area contributed by atoms with Crippen LogP contribution in [0.3, 0.4) is 0 Å². The second-order valence-electron chi connectivity index (χ2n) is 4.43. The van der Waals surface area contributed by atoms with Crippen molar-refractivity contribution in [1.29, 1.82) is 0 Å². The lowest BCUT2D eigenvalue weighted by molar-refractivity contribution is 0.300. The van der Waals surface area contributed by atoms with Crippen LogP contribution in [0.2, 0.25) is 5.02 Å². The van der Waals surface area contributed by atoms with Gasteiger partial charge in [0.25, 0.3) is 0 Å². The second-order valence-corrected chi connectivity index (χ2v) is 4.86. The molecule has 3 nitrogen and oxygen atoms in total. The summed E-state index contributed by atoms with van der Waals surface area (Å²) in [6, 6.07) is 13.4. The van der Waals surface area contributed by atoms with Crippen LogP contribution in [-0.2, 0) is 13.0 Å². The molecule has 0 heterocycles. The zero-order chi connectivity index (χ0) is 14.4. The molecule has 0 bridgehead atoms. The molecule has 0 fully saturated rings. The van der Waals surface area contributed by atoms with E-state index < -0.39 is 0 Å². The van der Waals surface area contributed by atoms with Gasteiger partial charge in [-0.3, -0.25) is 0 Å². The molecular weight excluding hydrogens is 274 g/mol. The third kappa shape index (κ3) is 3.89. The average molecular weight is 292 g/mol. The molecule has 0 aromatic heterocycles. The number of nitrogens with two attached hydrogens (primary N) is 1. The molecule has 0 amide bonds. The summed E-state index contributed by atoms with van der Waals surface area (Å²) in [5.74, 6) is 1.58. The molecular formula is C16H18ClNO2. The van der Waals surface area contributed by atoms with Crippen LogP contribution >= 0.6 is 11.6 Å². The second kappa shape index (κ2) is 7.17. The van der Waals surface area contributed by atoms with Crippen molar-refractivity contribution in [3.63, 3.8) is 0 Å². The van der Waals surface area contributed by atoms with Gasteiger partial charge in [0.05, 0.1) is 7.11 Å². The van der Waals surface area contributed by atoms with Gasteiger partial charge >= 0.3 is 0 Å². The van der Waals surface area contributed by atoms with Crippen molar-refractivity contribution < 1.29 is 9.47 Å². The van der Waals surface area contributed by atoms with Crippen molar-refractivity contribution in [2.45, 2.75) is 13.0 Å². The Kier molecular flexibility index (Phi) is 5.27. The first kappa shape index (κ1) is 14.7. The maximum absolute atomic E-state index is 5.88. The van der Waals surface area contributed by atoms with Gasteiger partial charge < -0.3 is 15.2 Å². The summed E-state index contributed by atoms with van der Waals surface area (Å²) in [6.07, 6.45) is 0.778. The smallest absolute Gasteiger partial charge is 0.126 e. The normalized spacial score (nSPS) is 10.3. The van der Waals surface area contributed by atoms with Gasteiger partial charge in [-0.2, -0.15) is 0 Å². The van der Waals surface area contributed by atoms with Crippen LogP contribution in [0.5, 0.6) is 11.5 Å². The van der Waals surface area contributed by atoms with E-state index in [0.29, 0.717) is 13.2 Å². The zero-order valence-corrected chi connectivity index (χ0v) is 12.2. The Morgan fingerprint density at radius 1 is 1.10 bits per heavy atom. The van der Waals surface area contributed by atoms with Gasteiger partial charge in [-0.15, -0.1) is 0 Å². The number of rotatable bonds is 6. The fourth-order valence-corrected chi connectivity index (χ4v) is 2.03. The lowest BCUT2D eigenvalue weighted by atomic mass is 10.1. The number of benzene rings is 2. The van der Waals surface area contributed by atoms with Crippen molar-refractivity contribution in [2.24, 2.45) is 5.73 Å². The lowest BCUT2D eigenvalue weighted by Crippen LogP contribution is -2.05. The van der Waals surface area contributed by atoms with E-state index >= 15 is 0 Å². The van der Waals surface area contributed by atoms with Gasteiger partial charge in [-0.25, -0.2) is 0 Å². The van der Waals surface area contributed by atoms with Crippen LogP contribution in [0.1, 0.15) is 11.1 Å². The van der Waals surface area contributed by atoms with Crippen LogP contribution in [0.25, 0.3) is 0 Å². The first-order chi connectivity index (χ1) is 9.72. The fraction of sp³-hybridized carbons (Fsp3) is 0.250. The molecule has 0 aliphatic carbocycles. The van der Waals surface area contributed by atoms with E-state index in [2.05, 4.69) is 0 Å². The minimum absolute atomic E-state index is 0.488. The standard InChI is InChI=1S/C16H18ClNO2/c1-19-15-7-4-13(8-9-18)16(10-15)20-11-12-2-5-14(17)6-3-12/h2-7,10H,8-9,11,18H2,1H3. The van der Waals surface area contributed by atoms with E-state index in [-0.39, 0.29) is 0 Å². The molecule has 2 rings (SSSR count). The van der Waals surface area contributed by atoms with Gasteiger partial charge in [-0.1, -0.05) is 29.8 Å². The molecule has 0 aliphatic heterocycles. The van der Waals surface area contributed by atoms with Crippen molar-refractivity contribution >= 4 is 11.6 Å². The average Bonchev–Trinajstić information content (AvgIpc) is 2.48. The molecule has 2 N–H and O–H groups in total.